The summed E-state index contributed by atoms with van der Waals surface area (Å²) in [4.78, 5) is 11.3. The van der Waals surface area contributed by atoms with Crippen LogP contribution in [0.4, 0.5) is 13.2 Å². The number of carbonyl (C=O) groups excluding carboxylic acids is 1. The van der Waals surface area contributed by atoms with E-state index in [-0.39, 0.29) is 18.9 Å². The summed E-state index contributed by atoms with van der Waals surface area (Å²) in [6.07, 6.45) is -1.27. The van der Waals surface area contributed by atoms with Gasteiger partial charge < -0.3 is 14.5 Å². The van der Waals surface area contributed by atoms with Crippen LogP contribution in [0.25, 0.3) is 0 Å². The van der Waals surface area contributed by atoms with Gasteiger partial charge >= 0.3 is 12.1 Å². The van der Waals surface area contributed by atoms with E-state index in [2.05, 4.69) is 10.1 Å². The number of carbonyl (C=O) groups is 1. The highest BCUT2D eigenvalue weighted by Gasteiger charge is 2.42. The van der Waals surface area contributed by atoms with E-state index in [0.29, 0.717) is 24.3 Å². The summed E-state index contributed by atoms with van der Waals surface area (Å²) in [5, 5.41) is 3.06. The Morgan fingerprint density at radius 3 is 2.90 bits per heavy atom. The number of nitrogens with one attached hydrogen (secondary N) is 1. The molecule has 0 spiro atoms. The van der Waals surface area contributed by atoms with Gasteiger partial charge in [0.05, 0.1) is 25.1 Å². The lowest BCUT2D eigenvalue weighted by molar-refractivity contribution is -0.183. The van der Waals surface area contributed by atoms with Crippen LogP contribution in [0.3, 0.4) is 0 Å². The maximum atomic E-state index is 12.7. The van der Waals surface area contributed by atoms with E-state index >= 15 is 0 Å². The zero-order valence-electron chi connectivity index (χ0n) is 11.7. The van der Waals surface area contributed by atoms with Gasteiger partial charge in [0.2, 0.25) is 0 Å². The first-order valence-electron chi connectivity index (χ1n) is 6.86. The second kappa shape index (κ2) is 6.51. The van der Waals surface area contributed by atoms with E-state index in [0.717, 1.165) is 6.42 Å². The highest BCUT2D eigenvalue weighted by atomic mass is 19.4. The first kappa shape index (κ1) is 15.9. The van der Waals surface area contributed by atoms with E-state index in [9.17, 15) is 18.0 Å². The Hall–Kier alpha value is -1.50. The lowest BCUT2D eigenvalue weighted by Gasteiger charge is -2.30. The number of halogens is 3. The number of methoxy groups -OCH3 is 1. The van der Waals surface area contributed by atoms with Crippen LogP contribution in [-0.2, 0) is 11.3 Å². The van der Waals surface area contributed by atoms with Crippen LogP contribution in [0, 0.1) is 5.92 Å². The number of esters is 1. The number of hydrogen-bond acceptors (Lipinski definition) is 4. The molecule has 0 saturated heterocycles. The van der Waals surface area contributed by atoms with Crippen LogP contribution >= 0.6 is 0 Å². The van der Waals surface area contributed by atoms with Crippen molar-refractivity contribution in [2.24, 2.45) is 5.92 Å². The predicted octanol–water partition coefficient (Wildman–Crippen LogP) is 3.28. The first-order valence-corrected chi connectivity index (χ1v) is 6.86. The van der Waals surface area contributed by atoms with Crippen LogP contribution in [0.5, 0.6) is 0 Å². The summed E-state index contributed by atoms with van der Waals surface area (Å²) >= 11 is 0. The average molecular weight is 305 g/mol. The van der Waals surface area contributed by atoms with E-state index in [4.69, 9.17) is 4.42 Å². The summed E-state index contributed by atoms with van der Waals surface area (Å²) in [5.41, 5.74) is 0.297. The van der Waals surface area contributed by atoms with Gasteiger partial charge in [-0.05, 0) is 25.3 Å². The van der Waals surface area contributed by atoms with Gasteiger partial charge in [-0.1, -0.05) is 6.42 Å². The molecule has 2 unspecified atom stereocenters. The molecule has 1 fully saturated rings. The van der Waals surface area contributed by atoms with Crippen molar-refractivity contribution >= 4 is 5.97 Å². The van der Waals surface area contributed by atoms with Crippen LogP contribution in [0.1, 0.15) is 41.8 Å². The quantitative estimate of drug-likeness (QED) is 0.867. The highest BCUT2D eigenvalue weighted by molar-refractivity contribution is 5.88. The number of furan rings is 1. The zero-order valence-corrected chi connectivity index (χ0v) is 11.7. The molecule has 0 aliphatic heterocycles. The normalized spacial score (nSPS) is 23.0. The SMILES string of the molecule is COC(=O)c1coc(CNC2CCCC(C(F)(F)F)C2)c1. The Labute approximate surface area is 120 Å². The van der Waals surface area contributed by atoms with Gasteiger partial charge in [-0.15, -0.1) is 0 Å². The molecule has 1 aromatic heterocycles. The molecular formula is C14H18F3NO3. The van der Waals surface area contributed by atoms with Crippen LogP contribution in [0.15, 0.2) is 16.7 Å². The Morgan fingerprint density at radius 2 is 2.24 bits per heavy atom. The molecule has 1 aliphatic carbocycles. The molecule has 7 heteroatoms. The third-order valence-electron chi connectivity index (χ3n) is 3.78. The molecule has 1 aliphatic rings. The fourth-order valence-corrected chi connectivity index (χ4v) is 2.62. The lowest BCUT2D eigenvalue weighted by atomic mass is 9.85. The number of rotatable bonds is 4. The molecule has 1 aromatic rings. The summed E-state index contributed by atoms with van der Waals surface area (Å²) in [7, 11) is 1.27. The van der Waals surface area contributed by atoms with Crippen molar-refractivity contribution in [3.8, 4) is 0 Å². The molecular weight excluding hydrogens is 287 g/mol. The Morgan fingerprint density at radius 1 is 1.48 bits per heavy atom. The molecule has 0 amide bonds. The van der Waals surface area contributed by atoms with E-state index < -0.39 is 18.1 Å². The van der Waals surface area contributed by atoms with E-state index in [1.165, 1.54) is 19.4 Å². The van der Waals surface area contributed by atoms with Crippen LogP contribution in [-0.4, -0.2) is 25.3 Å². The third kappa shape index (κ3) is 4.23. The van der Waals surface area contributed by atoms with Crippen molar-refractivity contribution in [3.05, 3.63) is 23.7 Å². The smallest absolute Gasteiger partial charge is 0.391 e. The van der Waals surface area contributed by atoms with Gasteiger partial charge in [-0.25, -0.2) is 4.79 Å². The summed E-state index contributed by atoms with van der Waals surface area (Å²) < 4.78 is 47.9. The fraction of sp³-hybridized carbons (Fsp3) is 0.643. The first-order chi connectivity index (χ1) is 9.90. The molecule has 0 aromatic carbocycles. The number of hydrogen-bond donors (Lipinski definition) is 1. The molecule has 21 heavy (non-hydrogen) atoms. The average Bonchev–Trinajstić information content (AvgIpc) is 2.92. The lowest BCUT2D eigenvalue weighted by Crippen LogP contribution is -2.38. The molecule has 0 radical (unpaired) electrons. The van der Waals surface area contributed by atoms with Gasteiger partial charge in [0.1, 0.15) is 12.0 Å². The molecule has 1 saturated carbocycles. The van der Waals surface area contributed by atoms with Crippen LogP contribution in [0.2, 0.25) is 0 Å². The van der Waals surface area contributed by atoms with Gasteiger partial charge in [0.15, 0.2) is 0 Å². The summed E-state index contributed by atoms with van der Waals surface area (Å²) in [5.74, 6) is -1.23. The largest absolute Gasteiger partial charge is 0.467 e. The number of ether oxygens (including phenoxy) is 1. The molecule has 118 valence electrons. The molecule has 4 nitrogen and oxygen atoms in total. The van der Waals surface area contributed by atoms with E-state index in [1.54, 1.807) is 0 Å². The highest BCUT2D eigenvalue weighted by Crippen LogP contribution is 2.37. The Balaban J connectivity index is 1.85. The van der Waals surface area contributed by atoms with Crippen molar-refractivity contribution in [2.45, 2.75) is 44.4 Å². The molecule has 1 N–H and O–H groups in total. The summed E-state index contributed by atoms with van der Waals surface area (Å²) in [6.45, 7) is 0.298. The van der Waals surface area contributed by atoms with Crippen LogP contribution < -0.4 is 5.32 Å². The van der Waals surface area contributed by atoms with Gasteiger partial charge in [-0.3, -0.25) is 0 Å². The van der Waals surface area contributed by atoms with Crippen molar-refractivity contribution in [1.29, 1.82) is 0 Å². The zero-order chi connectivity index (χ0) is 15.5. The Kier molecular flexibility index (Phi) is 4.92. The maximum Gasteiger partial charge on any atom is 0.391 e. The standard InChI is InChI=1S/C14H18F3NO3/c1-20-13(19)9-5-12(21-8-9)7-18-11-4-2-3-10(6-11)14(15,16)17/h5,8,10-11,18H,2-4,6-7H2,1H3. The minimum atomic E-state index is -4.12. The van der Waals surface area contributed by atoms with Crippen molar-refractivity contribution in [2.75, 3.05) is 7.11 Å². The van der Waals surface area contributed by atoms with Gasteiger partial charge in [0, 0.05) is 6.04 Å². The fourth-order valence-electron chi connectivity index (χ4n) is 2.62. The topological polar surface area (TPSA) is 51.5 Å². The number of alkyl halides is 3. The van der Waals surface area contributed by atoms with Crippen molar-refractivity contribution in [3.63, 3.8) is 0 Å². The molecule has 1 heterocycles. The molecule has 2 atom stereocenters. The van der Waals surface area contributed by atoms with Crippen molar-refractivity contribution in [1.82, 2.24) is 5.32 Å². The molecule has 2 rings (SSSR count). The van der Waals surface area contributed by atoms with Crippen molar-refractivity contribution < 1.29 is 27.1 Å². The molecule has 0 bridgehead atoms. The predicted molar refractivity (Wildman–Crippen MR) is 68.7 cm³/mol. The summed E-state index contributed by atoms with van der Waals surface area (Å²) in [6, 6.07) is 1.35. The van der Waals surface area contributed by atoms with Gasteiger partial charge in [-0.2, -0.15) is 13.2 Å². The van der Waals surface area contributed by atoms with E-state index in [1.807, 2.05) is 0 Å². The second-order valence-corrected chi connectivity index (χ2v) is 5.28. The second-order valence-electron chi connectivity index (χ2n) is 5.28. The monoisotopic (exact) mass is 305 g/mol. The minimum absolute atomic E-state index is 0.0913. The Bertz CT molecular complexity index is 484. The van der Waals surface area contributed by atoms with Gasteiger partial charge in [0.25, 0.3) is 0 Å². The third-order valence-corrected chi connectivity index (χ3v) is 3.78. The maximum absolute atomic E-state index is 12.7. The minimum Gasteiger partial charge on any atom is -0.467 e.